The third-order valence-electron chi connectivity index (χ3n) is 7.49. The highest BCUT2D eigenvalue weighted by Gasteiger charge is 2.72. The number of rotatable bonds is 3. The Morgan fingerprint density at radius 1 is 1.09 bits per heavy atom. The predicted molar refractivity (Wildman–Crippen MR) is 117 cm³/mol. The van der Waals surface area contributed by atoms with Crippen molar-refractivity contribution in [1.29, 1.82) is 0 Å². The van der Waals surface area contributed by atoms with E-state index in [9.17, 15) is 39.3 Å². The smallest absolute Gasteiger partial charge is 0.235 e. The van der Waals surface area contributed by atoms with E-state index >= 15 is 0 Å². The number of aromatic hydroxyl groups is 1. The summed E-state index contributed by atoms with van der Waals surface area (Å²) in [6.45, 7) is 0. The SMILES string of the molecule is CN(C)c1ccc(O)c2c1C[C@@H]1C(C2=O)C(=O)[C@]2(O)C(=O)C(C(N)=O)C(=O)[C@@H](N(C)C)[C@@H]2[C@H]1O. The monoisotopic (exact) mass is 473 g/mol. The number of phenols is 1. The molecule has 1 amide bonds. The maximum Gasteiger partial charge on any atom is 0.235 e. The molecule has 7 atom stereocenters. The fraction of sp³-hybridized carbons (Fsp3) is 0.522. The first kappa shape index (κ1) is 24.0. The molecule has 2 unspecified atom stereocenters. The minimum atomic E-state index is -2.98. The molecule has 2 saturated carbocycles. The lowest BCUT2D eigenvalue weighted by atomic mass is 9.51. The van der Waals surface area contributed by atoms with E-state index in [1.807, 2.05) is 0 Å². The van der Waals surface area contributed by atoms with Crippen molar-refractivity contribution >= 4 is 34.7 Å². The van der Waals surface area contributed by atoms with Crippen LogP contribution in [0.1, 0.15) is 15.9 Å². The number of likely N-dealkylation sites (N-methyl/N-ethyl adjacent to an activating group) is 1. The van der Waals surface area contributed by atoms with Gasteiger partial charge in [-0.25, -0.2) is 0 Å². The minimum Gasteiger partial charge on any atom is -0.507 e. The van der Waals surface area contributed by atoms with E-state index in [0.717, 1.165) is 0 Å². The first-order valence-corrected chi connectivity index (χ1v) is 10.8. The molecule has 0 aliphatic heterocycles. The Balaban J connectivity index is 1.94. The van der Waals surface area contributed by atoms with Crippen molar-refractivity contribution in [3.8, 4) is 5.75 Å². The summed E-state index contributed by atoms with van der Waals surface area (Å²) in [7, 11) is 6.36. The van der Waals surface area contributed by atoms with Crippen molar-refractivity contribution in [2.75, 3.05) is 33.1 Å². The van der Waals surface area contributed by atoms with Crippen molar-refractivity contribution in [3.05, 3.63) is 23.3 Å². The average Bonchev–Trinajstić information content (AvgIpc) is 2.73. The number of amides is 1. The summed E-state index contributed by atoms with van der Waals surface area (Å²) in [6, 6.07) is 1.53. The Labute approximate surface area is 195 Å². The number of nitrogens with zero attached hydrogens (tertiary/aromatic N) is 2. The van der Waals surface area contributed by atoms with E-state index < -0.39 is 70.5 Å². The van der Waals surface area contributed by atoms with Crippen LogP contribution in [0.3, 0.4) is 0 Å². The fourth-order valence-corrected chi connectivity index (χ4v) is 6.02. The zero-order valence-electron chi connectivity index (χ0n) is 19.2. The number of primary amides is 1. The molecule has 4 rings (SSSR count). The molecule has 0 aromatic heterocycles. The molecule has 11 nitrogen and oxygen atoms in total. The summed E-state index contributed by atoms with van der Waals surface area (Å²) in [6.07, 6.45) is -1.65. The van der Waals surface area contributed by atoms with Gasteiger partial charge in [0, 0.05) is 25.7 Å². The number of aliphatic hydroxyl groups is 2. The van der Waals surface area contributed by atoms with Crippen molar-refractivity contribution in [1.82, 2.24) is 4.90 Å². The van der Waals surface area contributed by atoms with Crippen LogP contribution in [0.4, 0.5) is 5.69 Å². The molecular formula is C23H27N3O8. The Morgan fingerprint density at radius 3 is 2.24 bits per heavy atom. The lowest BCUT2D eigenvalue weighted by Gasteiger charge is -2.54. The molecule has 0 radical (unpaired) electrons. The van der Waals surface area contributed by atoms with E-state index in [2.05, 4.69) is 0 Å². The first-order valence-electron chi connectivity index (χ1n) is 10.8. The normalized spacial score (nSPS) is 35.0. The standard InChI is InChI=1S/C23H27N3O8/c1-25(2)10-5-6-11(27)12-8(10)7-9-13(18(12)29)20(31)23(34)15(17(9)28)16(26(3)4)19(30)14(21(23)32)22(24)33/h5-6,9,13-17,27-28,34H,7H2,1-4H3,(H2,24,33)/t9-,13?,14?,15-,16+,17+,23+/m1/s1. The quantitative estimate of drug-likeness (QED) is 0.356. The highest BCUT2D eigenvalue weighted by Crippen LogP contribution is 2.51. The third kappa shape index (κ3) is 2.90. The molecule has 0 spiro atoms. The van der Waals surface area contributed by atoms with Gasteiger partial charge in [0.05, 0.1) is 29.5 Å². The van der Waals surface area contributed by atoms with Gasteiger partial charge < -0.3 is 26.0 Å². The number of anilines is 1. The number of Topliss-reactive ketones (excluding diaryl/α,β-unsaturated/α-hetero) is 4. The summed E-state index contributed by atoms with van der Waals surface area (Å²) in [4.78, 5) is 68.5. The van der Waals surface area contributed by atoms with E-state index in [0.29, 0.717) is 11.3 Å². The largest absolute Gasteiger partial charge is 0.507 e. The second-order valence-electron chi connectivity index (χ2n) is 9.72. The van der Waals surface area contributed by atoms with E-state index in [1.54, 1.807) is 25.1 Å². The van der Waals surface area contributed by atoms with E-state index in [-0.39, 0.29) is 17.7 Å². The molecule has 34 heavy (non-hydrogen) atoms. The van der Waals surface area contributed by atoms with Crippen LogP contribution in [-0.4, -0.2) is 95.2 Å². The summed E-state index contributed by atoms with van der Waals surface area (Å²) in [5.41, 5.74) is 3.17. The number of ketones is 4. The van der Waals surface area contributed by atoms with Gasteiger partial charge in [-0.1, -0.05) is 0 Å². The van der Waals surface area contributed by atoms with E-state index in [4.69, 9.17) is 5.73 Å². The zero-order valence-corrected chi connectivity index (χ0v) is 19.2. The molecule has 0 bridgehead atoms. The van der Waals surface area contributed by atoms with E-state index in [1.165, 1.54) is 25.1 Å². The molecule has 3 aliphatic carbocycles. The first-order chi connectivity index (χ1) is 15.8. The van der Waals surface area contributed by atoms with Gasteiger partial charge in [-0.15, -0.1) is 0 Å². The fourth-order valence-electron chi connectivity index (χ4n) is 6.02. The van der Waals surface area contributed by atoms with Crippen LogP contribution in [0.5, 0.6) is 5.75 Å². The molecular weight excluding hydrogens is 446 g/mol. The Hall–Kier alpha value is -3.15. The molecule has 0 saturated heterocycles. The Morgan fingerprint density at radius 2 is 1.71 bits per heavy atom. The third-order valence-corrected chi connectivity index (χ3v) is 7.49. The van der Waals surface area contributed by atoms with Gasteiger partial charge in [0.1, 0.15) is 5.75 Å². The Bertz CT molecular complexity index is 1150. The zero-order chi connectivity index (χ0) is 25.4. The second-order valence-corrected chi connectivity index (χ2v) is 9.72. The van der Waals surface area contributed by atoms with Crippen LogP contribution in [0.25, 0.3) is 0 Å². The molecule has 2 fully saturated rings. The average molecular weight is 473 g/mol. The number of benzene rings is 1. The molecule has 0 heterocycles. The lowest BCUT2D eigenvalue weighted by molar-refractivity contribution is -0.195. The van der Waals surface area contributed by atoms with Crippen LogP contribution in [-0.2, 0) is 25.6 Å². The van der Waals surface area contributed by atoms with Gasteiger partial charge in [0.15, 0.2) is 34.7 Å². The number of nitrogens with two attached hydrogens (primary N) is 1. The maximum absolute atomic E-state index is 13.7. The second kappa shape index (κ2) is 7.69. The van der Waals surface area contributed by atoms with Gasteiger partial charge in [-0.05, 0) is 38.2 Å². The number of phenolic OH excluding ortho intramolecular Hbond substituents is 1. The van der Waals surface area contributed by atoms with Crippen molar-refractivity contribution in [2.24, 2.45) is 29.4 Å². The van der Waals surface area contributed by atoms with Crippen LogP contribution >= 0.6 is 0 Å². The molecule has 3 aliphatic rings. The summed E-state index contributed by atoms with van der Waals surface area (Å²) < 4.78 is 0. The summed E-state index contributed by atoms with van der Waals surface area (Å²) >= 11 is 0. The lowest BCUT2D eigenvalue weighted by Crippen LogP contribution is -2.77. The van der Waals surface area contributed by atoms with Gasteiger partial charge >= 0.3 is 0 Å². The summed E-state index contributed by atoms with van der Waals surface area (Å²) in [5, 5.41) is 33.4. The molecule has 5 N–H and O–H groups in total. The highest BCUT2D eigenvalue weighted by atomic mass is 16.3. The van der Waals surface area contributed by atoms with Crippen molar-refractivity contribution < 1.29 is 39.3 Å². The number of carbonyl (C=O) groups is 5. The van der Waals surface area contributed by atoms with Gasteiger partial charge in [0.2, 0.25) is 5.91 Å². The van der Waals surface area contributed by atoms with Crippen molar-refractivity contribution in [2.45, 2.75) is 24.2 Å². The summed E-state index contributed by atoms with van der Waals surface area (Å²) in [5.74, 6) is -12.5. The number of carbonyl (C=O) groups excluding carboxylic acids is 5. The van der Waals surface area contributed by atoms with Crippen LogP contribution < -0.4 is 10.6 Å². The minimum absolute atomic E-state index is 0.0189. The topological polar surface area (TPSA) is 179 Å². The maximum atomic E-state index is 13.7. The molecule has 11 heteroatoms. The van der Waals surface area contributed by atoms with Gasteiger partial charge in [-0.2, -0.15) is 0 Å². The molecule has 1 aromatic carbocycles. The number of aliphatic hydroxyl groups excluding tert-OH is 1. The molecule has 1 aromatic rings. The van der Waals surface area contributed by atoms with Crippen LogP contribution in [0.15, 0.2) is 12.1 Å². The number of hydrogen-bond donors (Lipinski definition) is 4. The van der Waals surface area contributed by atoms with Gasteiger partial charge in [-0.3, -0.25) is 28.9 Å². The van der Waals surface area contributed by atoms with Crippen LogP contribution in [0, 0.1) is 23.7 Å². The predicted octanol–water partition coefficient (Wildman–Crippen LogP) is -2.10. The Kier molecular flexibility index (Phi) is 5.42. The van der Waals surface area contributed by atoms with Gasteiger partial charge in [0.25, 0.3) is 0 Å². The van der Waals surface area contributed by atoms with Crippen LogP contribution in [0.2, 0.25) is 0 Å². The number of fused-ring (bicyclic) bond motifs is 3. The highest BCUT2D eigenvalue weighted by molar-refractivity contribution is 6.32. The number of hydrogen-bond acceptors (Lipinski definition) is 10. The molecule has 182 valence electrons. The van der Waals surface area contributed by atoms with Crippen molar-refractivity contribution in [3.63, 3.8) is 0 Å².